The van der Waals surface area contributed by atoms with Crippen molar-refractivity contribution in [2.45, 2.75) is 20.3 Å². The van der Waals surface area contributed by atoms with Crippen LogP contribution in [-0.4, -0.2) is 24.6 Å². The van der Waals surface area contributed by atoms with Crippen molar-refractivity contribution in [2.24, 2.45) is 5.10 Å². The molecule has 176 valence electrons. The third-order valence-corrected chi connectivity index (χ3v) is 5.65. The van der Waals surface area contributed by atoms with Gasteiger partial charge >= 0.3 is 0 Å². The topological polar surface area (TPSA) is 79.8 Å². The number of anilines is 1. The van der Waals surface area contributed by atoms with Crippen LogP contribution in [0.5, 0.6) is 5.75 Å². The van der Waals surface area contributed by atoms with Gasteiger partial charge in [0.05, 0.1) is 12.6 Å². The number of hydrazone groups is 1. The molecule has 0 fully saturated rings. The third-order valence-electron chi connectivity index (χ3n) is 5.65. The van der Waals surface area contributed by atoms with Crippen molar-refractivity contribution >= 4 is 34.5 Å². The van der Waals surface area contributed by atoms with Crippen molar-refractivity contribution in [3.05, 3.63) is 107 Å². The first-order valence-electron chi connectivity index (χ1n) is 11.4. The highest BCUT2D eigenvalue weighted by Crippen LogP contribution is 2.19. The maximum absolute atomic E-state index is 12.4. The van der Waals surface area contributed by atoms with Gasteiger partial charge in [-0.1, -0.05) is 60.7 Å². The largest absolute Gasteiger partial charge is 0.484 e. The maximum Gasteiger partial charge on any atom is 0.262 e. The predicted molar refractivity (Wildman–Crippen MR) is 140 cm³/mol. The second-order valence-electron chi connectivity index (χ2n) is 8.32. The molecule has 0 saturated heterocycles. The number of ether oxygens (including phenoxy) is 1. The fraction of sp³-hybridized carbons (Fsp3) is 0.138. The number of hydrogen-bond acceptors (Lipinski definition) is 4. The Bertz CT molecular complexity index is 1390. The number of rotatable bonds is 8. The highest BCUT2D eigenvalue weighted by Gasteiger charge is 2.07. The summed E-state index contributed by atoms with van der Waals surface area (Å²) in [6, 6.07) is 26.8. The zero-order valence-electron chi connectivity index (χ0n) is 19.7. The van der Waals surface area contributed by atoms with Gasteiger partial charge in [-0.2, -0.15) is 5.10 Å². The van der Waals surface area contributed by atoms with Gasteiger partial charge in [-0.15, -0.1) is 0 Å². The lowest BCUT2D eigenvalue weighted by molar-refractivity contribution is -0.120. The lowest BCUT2D eigenvalue weighted by Crippen LogP contribution is -2.20. The van der Waals surface area contributed by atoms with Crippen LogP contribution < -0.4 is 15.5 Å². The highest BCUT2D eigenvalue weighted by molar-refractivity contribution is 5.92. The van der Waals surface area contributed by atoms with E-state index in [9.17, 15) is 9.59 Å². The molecule has 0 unspecified atom stereocenters. The molecular weight excluding hydrogens is 438 g/mol. The zero-order valence-corrected chi connectivity index (χ0v) is 19.7. The van der Waals surface area contributed by atoms with Gasteiger partial charge in [0.1, 0.15) is 5.75 Å². The Morgan fingerprint density at radius 3 is 2.51 bits per heavy atom. The molecule has 0 aromatic heterocycles. The monoisotopic (exact) mass is 465 g/mol. The van der Waals surface area contributed by atoms with Gasteiger partial charge in [0.2, 0.25) is 5.91 Å². The van der Waals surface area contributed by atoms with E-state index >= 15 is 0 Å². The first-order chi connectivity index (χ1) is 17.0. The van der Waals surface area contributed by atoms with Crippen LogP contribution in [0, 0.1) is 13.8 Å². The minimum Gasteiger partial charge on any atom is -0.484 e. The van der Waals surface area contributed by atoms with Gasteiger partial charge in [-0.25, -0.2) is 5.43 Å². The molecule has 6 heteroatoms. The summed E-state index contributed by atoms with van der Waals surface area (Å²) in [5.41, 5.74) is 7.28. The smallest absolute Gasteiger partial charge is 0.262 e. The van der Waals surface area contributed by atoms with Crippen LogP contribution in [0.3, 0.4) is 0 Å². The van der Waals surface area contributed by atoms with E-state index in [1.165, 1.54) is 5.56 Å². The highest BCUT2D eigenvalue weighted by atomic mass is 16.5. The molecule has 0 aliphatic carbocycles. The average molecular weight is 466 g/mol. The van der Waals surface area contributed by atoms with Gasteiger partial charge in [0.15, 0.2) is 6.61 Å². The second-order valence-corrected chi connectivity index (χ2v) is 8.32. The van der Waals surface area contributed by atoms with Gasteiger partial charge in [-0.05, 0) is 71.1 Å². The second kappa shape index (κ2) is 11.1. The molecule has 4 aromatic rings. The summed E-state index contributed by atoms with van der Waals surface area (Å²) in [4.78, 5) is 24.6. The van der Waals surface area contributed by atoms with Crippen molar-refractivity contribution < 1.29 is 14.3 Å². The van der Waals surface area contributed by atoms with Crippen molar-refractivity contribution in [3.8, 4) is 5.75 Å². The number of carbonyl (C=O) groups excluding carboxylic acids is 2. The fourth-order valence-electron chi connectivity index (χ4n) is 3.69. The predicted octanol–water partition coefficient (Wildman–Crippen LogP) is 5.17. The van der Waals surface area contributed by atoms with Crippen molar-refractivity contribution in [2.75, 3.05) is 11.9 Å². The Morgan fingerprint density at radius 2 is 1.66 bits per heavy atom. The van der Waals surface area contributed by atoms with Crippen molar-refractivity contribution in [1.29, 1.82) is 0 Å². The van der Waals surface area contributed by atoms with Gasteiger partial charge in [0, 0.05) is 5.69 Å². The third kappa shape index (κ3) is 6.54. The SMILES string of the molecule is Cc1ccc(NC(=O)COc2cccc(/C=N\NC(=O)Cc3cccc4ccccc34)c2)cc1C. The van der Waals surface area contributed by atoms with E-state index in [1.807, 2.05) is 80.6 Å². The van der Waals surface area contributed by atoms with Crippen LogP contribution in [-0.2, 0) is 16.0 Å². The molecule has 0 saturated carbocycles. The van der Waals surface area contributed by atoms with Crippen LogP contribution in [0.2, 0.25) is 0 Å². The summed E-state index contributed by atoms with van der Waals surface area (Å²) < 4.78 is 5.62. The minimum atomic E-state index is -0.243. The summed E-state index contributed by atoms with van der Waals surface area (Å²) in [5, 5.41) is 9.05. The summed E-state index contributed by atoms with van der Waals surface area (Å²) in [6.45, 7) is 3.91. The first kappa shape index (κ1) is 23.7. The summed E-state index contributed by atoms with van der Waals surface area (Å²) >= 11 is 0. The van der Waals surface area contributed by atoms with Crippen LogP contribution in [0.1, 0.15) is 22.3 Å². The molecule has 0 bridgehead atoms. The fourth-order valence-corrected chi connectivity index (χ4v) is 3.69. The number of carbonyl (C=O) groups is 2. The molecule has 2 amide bonds. The van der Waals surface area contributed by atoms with E-state index in [1.54, 1.807) is 24.4 Å². The van der Waals surface area contributed by atoms with E-state index in [0.29, 0.717) is 5.75 Å². The van der Waals surface area contributed by atoms with Gasteiger partial charge < -0.3 is 10.1 Å². The van der Waals surface area contributed by atoms with Crippen molar-refractivity contribution in [3.63, 3.8) is 0 Å². The quantitative estimate of drug-likeness (QED) is 0.278. The Labute approximate surface area is 204 Å². The summed E-state index contributed by atoms with van der Waals surface area (Å²) in [7, 11) is 0. The average Bonchev–Trinajstić information content (AvgIpc) is 2.86. The number of benzene rings is 4. The van der Waals surface area contributed by atoms with Crippen LogP contribution >= 0.6 is 0 Å². The van der Waals surface area contributed by atoms with Gasteiger partial charge in [-0.3, -0.25) is 9.59 Å². The number of aryl methyl sites for hydroxylation is 2. The first-order valence-corrected chi connectivity index (χ1v) is 11.4. The lowest BCUT2D eigenvalue weighted by atomic mass is 10.0. The van der Waals surface area contributed by atoms with E-state index < -0.39 is 0 Å². The molecule has 0 aliphatic rings. The zero-order chi connectivity index (χ0) is 24.6. The van der Waals surface area contributed by atoms with E-state index in [4.69, 9.17) is 4.74 Å². The van der Waals surface area contributed by atoms with Gasteiger partial charge in [0.25, 0.3) is 5.91 Å². The summed E-state index contributed by atoms with van der Waals surface area (Å²) in [6.07, 6.45) is 1.78. The molecule has 4 aromatic carbocycles. The number of fused-ring (bicyclic) bond motifs is 1. The molecule has 4 rings (SSSR count). The molecule has 6 nitrogen and oxygen atoms in total. The van der Waals surface area contributed by atoms with E-state index in [0.717, 1.165) is 33.2 Å². The molecule has 0 aliphatic heterocycles. The number of amides is 2. The molecule has 0 heterocycles. The lowest BCUT2D eigenvalue weighted by Gasteiger charge is -2.09. The van der Waals surface area contributed by atoms with Crippen LogP contribution in [0.4, 0.5) is 5.69 Å². The molecule has 0 spiro atoms. The number of hydrogen-bond donors (Lipinski definition) is 2. The minimum absolute atomic E-state index is 0.116. The van der Waals surface area contributed by atoms with Crippen LogP contribution in [0.25, 0.3) is 10.8 Å². The molecular formula is C29H27N3O3. The van der Waals surface area contributed by atoms with Crippen molar-refractivity contribution in [1.82, 2.24) is 5.43 Å². The molecule has 35 heavy (non-hydrogen) atoms. The normalized spacial score (nSPS) is 10.9. The molecule has 2 N–H and O–H groups in total. The Morgan fingerprint density at radius 1 is 0.857 bits per heavy atom. The molecule has 0 atom stereocenters. The Balaban J connectivity index is 1.29. The van der Waals surface area contributed by atoms with Crippen LogP contribution in [0.15, 0.2) is 90.0 Å². The molecule has 0 radical (unpaired) electrons. The number of nitrogens with one attached hydrogen (secondary N) is 2. The Kier molecular flexibility index (Phi) is 7.53. The van der Waals surface area contributed by atoms with E-state index in [-0.39, 0.29) is 24.8 Å². The van der Waals surface area contributed by atoms with E-state index in [2.05, 4.69) is 15.8 Å². The maximum atomic E-state index is 12.4. The summed E-state index contributed by atoms with van der Waals surface area (Å²) in [5.74, 6) is 0.0901. The number of nitrogens with zero attached hydrogens (tertiary/aromatic N) is 1. The standard InChI is InChI=1S/C29H27N3O3/c1-20-13-14-25(15-21(20)2)31-29(34)19-35-26-11-5-7-22(16-26)18-30-32-28(33)17-24-10-6-9-23-8-3-4-12-27(23)24/h3-16,18H,17,19H2,1-2H3,(H,31,34)(H,32,33)/b30-18-. The Hall–Kier alpha value is -4.45.